The van der Waals surface area contributed by atoms with Crippen molar-refractivity contribution in [2.24, 2.45) is 0 Å². The molecule has 0 bridgehead atoms. The van der Waals surface area contributed by atoms with Gasteiger partial charge in [0.15, 0.2) is 6.61 Å². The van der Waals surface area contributed by atoms with Crippen LogP contribution < -0.4 is 5.32 Å². The zero-order chi connectivity index (χ0) is 16.1. The number of nitrogens with one attached hydrogen (secondary N) is 1. The highest BCUT2D eigenvalue weighted by atomic mass is 79.9. The average molecular weight is 366 g/mol. The third-order valence-electron chi connectivity index (χ3n) is 3.16. The second kappa shape index (κ2) is 7.26. The number of carbonyl (C=O) groups is 2. The molecule has 0 unspecified atom stereocenters. The van der Waals surface area contributed by atoms with Crippen molar-refractivity contribution in [1.29, 1.82) is 0 Å². The van der Waals surface area contributed by atoms with Crippen LogP contribution in [-0.2, 0) is 9.53 Å². The van der Waals surface area contributed by atoms with Gasteiger partial charge in [-0.2, -0.15) is 0 Å². The molecule has 0 radical (unpaired) electrons. The molecule has 1 heterocycles. The van der Waals surface area contributed by atoms with Crippen LogP contribution in [0.2, 0.25) is 0 Å². The first kappa shape index (κ1) is 16.3. The zero-order valence-electron chi connectivity index (χ0n) is 12.3. The second-order valence-corrected chi connectivity index (χ2v) is 5.63. The number of rotatable bonds is 5. The molecule has 0 aliphatic heterocycles. The third kappa shape index (κ3) is 3.98. The van der Waals surface area contributed by atoms with Crippen molar-refractivity contribution in [2.45, 2.75) is 19.9 Å². The molecular formula is C16H16BrNO4. The minimum atomic E-state index is -0.574. The fourth-order valence-electron chi connectivity index (χ4n) is 1.99. The van der Waals surface area contributed by atoms with Crippen LogP contribution in [0.25, 0.3) is 0 Å². The van der Waals surface area contributed by atoms with Gasteiger partial charge in [0.25, 0.3) is 5.91 Å². The van der Waals surface area contributed by atoms with Gasteiger partial charge in [0.1, 0.15) is 11.3 Å². The molecule has 0 fully saturated rings. The normalized spacial score (nSPS) is 11.8. The highest BCUT2D eigenvalue weighted by molar-refractivity contribution is 9.10. The number of halogens is 1. The molecule has 0 aliphatic rings. The molecule has 0 saturated heterocycles. The summed E-state index contributed by atoms with van der Waals surface area (Å²) in [5.74, 6) is -0.473. The summed E-state index contributed by atoms with van der Waals surface area (Å²) in [4.78, 5) is 23.6. The number of furan rings is 1. The fourth-order valence-corrected chi connectivity index (χ4v) is 2.62. The van der Waals surface area contributed by atoms with Crippen LogP contribution in [0.4, 0.5) is 0 Å². The Labute approximate surface area is 136 Å². The van der Waals surface area contributed by atoms with Crippen LogP contribution in [0, 0.1) is 6.92 Å². The lowest BCUT2D eigenvalue weighted by Gasteiger charge is -2.15. The zero-order valence-corrected chi connectivity index (χ0v) is 13.8. The van der Waals surface area contributed by atoms with E-state index in [0.717, 1.165) is 10.0 Å². The molecule has 0 aliphatic carbocycles. The lowest BCUT2D eigenvalue weighted by atomic mass is 10.1. The smallest absolute Gasteiger partial charge is 0.342 e. The Morgan fingerprint density at radius 3 is 2.68 bits per heavy atom. The van der Waals surface area contributed by atoms with Gasteiger partial charge in [-0.05, 0) is 31.5 Å². The largest absolute Gasteiger partial charge is 0.469 e. The molecule has 1 N–H and O–H groups in total. The van der Waals surface area contributed by atoms with E-state index in [2.05, 4.69) is 21.2 Å². The predicted molar refractivity (Wildman–Crippen MR) is 84.4 cm³/mol. The van der Waals surface area contributed by atoms with Gasteiger partial charge in [0, 0.05) is 4.47 Å². The minimum Gasteiger partial charge on any atom is -0.469 e. The maximum Gasteiger partial charge on any atom is 0.342 e. The number of ether oxygens (including phenoxy) is 1. The molecule has 116 valence electrons. The maximum atomic E-state index is 11.9. The van der Waals surface area contributed by atoms with Crippen molar-refractivity contribution in [3.8, 4) is 0 Å². The van der Waals surface area contributed by atoms with Gasteiger partial charge in [0.05, 0.1) is 12.3 Å². The first-order chi connectivity index (χ1) is 10.5. The lowest BCUT2D eigenvalue weighted by molar-refractivity contribution is -0.124. The van der Waals surface area contributed by atoms with Gasteiger partial charge in [-0.1, -0.05) is 34.1 Å². The number of hydrogen-bond acceptors (Lipinski definition) is 4. The van der Waals surface area contributed by atoms with Gasteiger partial charge in [0.2, 0.25) is 0 Å². The topological polar surface area (TPSA) is 68.5 Å². The van der Waals surface area contributed by atoms with E-state index in [1.54, 1.807) is 6.92 Å². The van der Waals surface area contributed by atoms with Gasteiger partial charge < -0.3 is 14.5 Å². The van der Waals surface area contributed by atoms with Crippen molar-refractivity contribution in [2.75, 3.05) is 6.61 Å². The fraction of sp³-hybridized carbons (Fsp3) is 0.250. The predicted octanol–water partition coefficient (Wildman–Crippen LogP) is 3.38. The van der Waals surface area contributed by atoms with E-state index in [0.29, 0.717) is 11.3 Å². The summed E-state index contributed by atoms with van der Waals surface area (Å²) in [5.41, 5.74) is 1.28. The molecule has 0 spiro atoms. The summed E-state index contributed by atoms with van der Waals surface area (Å²) in [6.07, 6.45) is 1.40. The highest BCUT2D eigenvalue weighted by Gasteiger charge is 2.16. The quantitative estimate of drug-likeness (QED) is 0.824. The first-order valence-electron chi connectivity index (χ1n) is 6.74. The first-order valence-corrected chi connectivity index (χ1v) is 7.53. The van der Waals surface area contributed by atoms with E-state index in [-0.39, 0.29) is 18.6 Å². The Hall–Kier alpha value is -2.08. The maximum absolute atomic E-state index is 11.9. The van der Waals surface area contributed by atoms with E-state index in [4.69, 9.17) is 9.15 Å². The van der Waals surface area contributed by atoms with Gasteiger partial charge in [-0.25, -0.2) is 4.79 Å². The summed E-state index contributed by atoms with van der Waals surface area (Å²) in [5, 5.41) is 2.78. The Bertz CT molecular complexity index is 680. The van der Waals surface area contributed by atoms with E-state index in [9.17, 15) is 9.59 Å². The number of esters is 1. The Morgan fingerprint density at radius 1 is 1.32 bits per heavy atom. The third-order valence-corrected chi connectivity index (χ3v) is 3.88. The van der Waals surface area contributed by atoms with E-state index in [1.807, 2.05) is 31.2 Å². The number of benzene rings is 1. The number of hydrogen-bond donors (Lipinski definition) is 1. The monoisotopic (exact) mass is 365 g/mol. The van der Waals surface area contributed by atoms with Gasteiger partial charge in [-0.3, -0.25) is 4.79 Å². The van der Waals surface area contributed by atoms with E-state index in [1.165, 1.54) is 12.3 Å². The van der Waals surface area contributed by atoms with Crippen molar-refractivity contribution >= 4 is 27.8 Å². The van der Waals surface area contributed by atoms with E-state index < -0.39 is 5.97 Å². The van der Waals surface area contributed by atoms with Crippen molar-refractivity contribution in [1.82, 2.24) is 5.32 Å². The molecule has 5 nitrogen and oxygen atoms in total. The van der Waals surface area contributed by atoms with Crippen molar-refractivity contribution in [3.05, 3.63) is 58.0 Å². The van der Waals surface area contributed by atoms with Crippen LogP contribution >= 0.6 is 15.9 Å². The molecule has 22 heavy (non-hydrogen) atoms. The van der Waals surface area contributed by atoms with Crippen LogP contribution in [0.1, 0.15) is 34.6 Å². The summed E-state index contributed by atoms with van der Waals surface area (Å²) in [7, 11) is 0. The SMILES string of the molecule is Cc1occc1C(=O)OCC(=O)N[C@@H](C)c1ccccc1Br. The molecule has 6 heteroatoms. The lowest BCUT2D eigenvalue weighted by Crippen LogP contribution is -2.31. The minimum absolute atomic E-state index is 0.197. The number of aryl methyl sites for hydroxylation is 1. The molecular weight excluding hydrogens is 350 g/mol. The van der Waals surface area contributed by atoms with Crippen molar-refractivity contribution in [3.63, 3.8) is 0 Å². The molecule has 1 aromatic carbocycles. The number of carbonyl (C=O) groups excluding carboxylic acids is 2. The molecule has 0 saturated carbocycles. The molecule has 1 aromatic heterocycles. The standard InChI is InChI=1S/C16H16BrNO4/c1-10(12-5-3-4-6-14(12)17)18-15(19)9-22-16(20)13-7-8-21-11(13)2/h3-8,10H,9H2,1-2H3,(H,18,19)/t10-/m0/s1. The summed E-state index contributed by atoms with van der Waals surface area (Å²) >= 11 is 3.44. The number of amides is 1. The Balaban J connectivity index is 1.87. The van der Waals surface area contributed by atoms with Gasteiger partial charge >= 0.3 is 5.97 Å². The summed E-state index contributed by atoms with van der Waals surface area (Å²) < 4.78 is 10.9. The summed E-state index contributed by atoms with van der Waals surface area (Å²) in [6.45, 7) is 3.18. The van der Waals surface area contributed by atoms with Crippen LogP contribution in [0.5, 0.6) is 0 Å². The Morgan fingerprint density at radius 2 is 2.05 bits per heavy atom. The van der Waals surface area contributed by atoms with Crippen LogP contribution in [-0.4, -0.2) is 18.5 Å². The molecule has 2 rings (SSSR count). The second-order valence-electron chi connectivity index (χ2n) is 4.78. The van der Waals surface area contributed by atoms with Crippen LogP contribution in [0.15, 0.2) is 45.5 Å². The highest BCUT2D eigenvalue weighted by Crippen LogP contribution is 2.22. The molecule has 2 aromatic rings. The van der Waals surface area contributed by atoms with Crippen molar-refractivity contribution < 1.29 is 18.7 Å². The molecule has 1 amide bonds. The summed E-state index contributed by atoms with van der Waals surface area (Å²) in [6, 6.07) is 8.92. The van der Waals surface area contributed by atoms with Crippen LogP contribution in [0.3, 0.4) is 0 Å². The van der Waals surface area contributed by atoms with Gasteiger partial charge in [-0.15, -0.1) is 0 Å². The van der Waals surface area contributed by atoms with E-state index >= 15 is 0 Å². The molecule has 1 atom stereocenters. The Kier molecular flexibility index (Phi) is 5.38. The average Bonchev–Trinajstić information content (AvgIpc) is 2.91.